The molecule has 0 aliphatic heterocycles. The molecule has 0 fully saturated rings. The number of rotatable bonds is 6. The van der Waals surface area contributed by atoms with E-state index in [1.807, 2.05) is 13.8 Å². The highest BCUT2D eigenvalue weighted by molar-refractivity contribution is 6.09. The van der Waals surface area contributed by atoms with E-state index in [4.69, 9.17) is 0 Å². The van der Waals surface area contributed by atoms with Gasteiger partial charge < -0.3 is 10.6 Å². The predicted molar refractivity (Wildman–Crippen MR) is 94.7 cm³/mol. The summed E-state index contributed by atoms with van der Waals surface area (Å²) in [4.78, 5) is 35.0. The van der Waals surface area contributed by atoms with E-state index in [0.717, 1.165) is 6.42 Å². The maximum Gasteiger partial charge on any atom is 0.270 e. The van der Waals surface area contributed by atoms with E-state index in [2.05, 4.69) is 10.6 Å². The maximum absolute atomic E-state index is 12.4. The first-order valence-corrected chi connectivity index (χ1v) is 7.88. The van der Waals surface area contributed by atoms with Gasteiger partial charge in [-0.25, -0.2) is 0 Å². The average Bonchev–Trinajstić information content (AvgIpc) is 2.62. The smallest absolute Gasteiger partial charge is 0.270 e. The van der Waals surface area contributed by atoms with Crippen molar-refractivity contribution in [1.82, 2.24) is 5.32 Å². The van der Waals surface area contributed by atoms with Crippen LogP contribution in [0.1, 0.15) is 41.0 Å². The van der Waals surface area contributed by atoms with E-state index >= 15 is 0 Å². The Morgan fingerprint density at radius 3 is 2.52 bits per heavy atom. The number of nitrogens with zero attached hydrogens (tertiary/aromatic N) is 1. The first-order chi connectivity index (χ1) is 11.9. The summed E-state index contributed by atoms with van der Waals surface area (Å²) in [6.07, 6.45) is 0.786. The van der Waals surface area contributed by atoms with Crippen LogP contribution in [-0.2, 0) is 0 Å². The number of hydrogen-bond donors (Lipinski definition) is 2. The summed E-state index contributed by atoms with van der Waals surface area (Å²) < 4.78 is 0. The summed E-state index contributed by atoms with van der Waals surface area (Å²) in [6, 6.07) is 12.0. The molecular formula is C18H19N3O4. The number of anilines is 1. The van der Waals surface area contributed by atoms with Crippen molar-refractivity contribution in [3.8, 4) is 0 Å². The molecule has 2 rings (SSSR count). The van der Waals surface area contributed by atoms with Gasteiger partial charge in [-0.2, -0.15) is 0 Å². The second-order valence-corrected chi connectivity index (χ2v) is 5.59. The van der Waals surface area contributed by atoms with Gasteiger partial charge in [0.25, 0.3) is 17.5 Å². The fourth-order valence-electron chi connectivity index (χ4n) is 2.15. The van der Waals surface area contributed by atoms with Gasteiger partial charge in [0.15, 0.2) is 0 Å². The third-order valence-electron chi connectivity index (χ3n) is 3.73. The molecule has 0 bridgehead atoms. The van der Waals surface area contributed by atoms with E-state index in [-0.39, 0.29) is 23.2 Å². The molecule has 2 amide bonds. The van der Waals surface area contributed by atoms with Gasteiger partial charge in [0.1, 0.15) is 0 Å². The van der Waals surface area contributed by atoms with Gasteiger partial charge in [0.05, 0.1) is 16.2 Å². The summed E-state index contributed by atoms with van der Waals surface area (Å²) in [5.74, 6) is -0.809. The number of non-ortho nitro benzene ring substituents is 1. The minimum Gasteiger partial charge on any atom is -0.350 e. The third kappa shape index (κ3) is 4.63. The summed E-state index contributed by atoms with van der Waals surface area (Å²) in [5, 5.41) is 16.3. The van der Waals surface area contributed by atoms with E-state index in [1.54, 1.807) is 24.3 Å². The Morgan fingerprint density at radius 1 is 1.12 bits per heavy atom. The van der Waals surface area contributed by atoms with Crippen LogP contribution in [0.15, 0.2) is 48.5 Å². The second-order valence-electron chi connectivity index (χ2n) is 5.59. The Hall–Kier alpha value is -3.22. The standard InChI is InChI=1S/C18H19N3O4/c1-3-12(2)19-18(23)15-9-4-5-10-16(15)20-17(22)13-7-6-8-14(11-13)21(24)25/h4-12H,3H2,1-2H3,(H,19,23)(H,20,22)/t12-/m0/s1. The third-order valence-corrected chi connectivity index (χ3v) is 3.73. The van der Waals surface area contributed by atoms with Gasteiger partial charge in [-0.1, -0.05) is 25.1 Å². The molecule has 0 radical (unpaired) electrons. The van der Waals surface area contributed by atoms with Crippen molar-refractivity contribution in [2.45, 2.75) is 26.3 Å². The molecule has 0 spiro atoms. The van der Waals surface area contributed by atoms with Crippen molar-refractivity contribution < 1.29 is 14.5 Å². The number of nitro groups is 1. The molecule has 0 saturated heterocycles. The quantitative estimate of drug-likeness (QED) is 0.621. The molecular weight excluding hydrogens is 322 g/mol. The number of benzene rings is 2. The zero-order valence-corrected chi connectivity index (χ0v) is 14.0. The molecule has 0 heterocycles. The van der Waals surface area contributed by atoms with Gasteiger partial charge in [-0.3, -0.25) is 19.7 Å². The van der Waals surface area contributed by atoms with Crippen molar-refractivity contribution in [3.63, 3.8) is 0 Å². The summed E-state index contributed by atoms with van der Waals surface area (Å²) in [5.41, 5.74) is 0.656. The Kier molecular flexibility index (Phi) is 5.84. The van der Waals surface area contributed by atoms with Crippen molar-refractivity contribution in [2.24, 2.45) is 0 Å². The first-order valence-electron chi connectivity index (χ1n) is 7.88. The minimum absolute atomic E-state index is 0.00744. The highest BCUT2D eigenvalue weighted by atomic mass is 16.6. The summed E-state index contributed by atoms with van der Waals surface area (Å²) in [7, 11) is 0. The SMILES string of the molecule is CC[C@H](C)NC(=O)c1ccccc1NC(=O)c1cccc([N+](=O)[O-])c1. The van der Waals surface area contributed by atoms with E-state index in [1.165, 1.54) is 24.3 Å². The Balaban J connectivity index is 2.23. The molecule has 0 aliphatic rings. The Morgan fingerprint density at radius 2 is 1.84 bits per heavy atom. The first kappa shape index (κ1) is 18.1. The van der Waals surface area contributed by atoms with Crippen LogP contribution >= 0.6 is 0 Å². The minimum atomic E-state index is -0.565. The van der Waals surface area contributed by atoms with Crippen molar-refractivity contribution in [3.05, 3.63) is 69.8 Å². The lowest BCUT2D eigenvalue weighted by Gasteiger charge is -2.14. The van der Waals surface area contributed by atoms with Crippen LogP contribution in [0.3, 0.4) is 0 Å². The average molecular weight is 341 g/mol. The molecule has 2 aromatic rings. The van der Waals surface area contributed by atoms with Crippen LogP contribution in [0.5, 0.6) is 0 Å². The topological polar surface area (TPSA) is 101 Å². The molecule has 1 atom stereocenters. The van der Waals surface area contributed by atoms with Gasteiger partial charge in [0, 0.05) is 23.7 Å². The summed E-state index contributed by atoms with van der Waals surface area (Å²) in [6.45, 7) is 3.85. The number of carbonyl (C=O) groups is 2. The van der Waals surface area contributed by atoms with E-state index in [0.29, 0.717) is 11.3 Å². The van der Waals surface area contributed by atoms with Crippen LogP contribution in [0.25, 0.3) is 0 Å². The molecule has 0 aliphatic carbocycles. The van der Waals surface area contributed by atoms with Crippen LogP contribution in [0.4, 0.5) is 11.4 Å². The lowest BCUT2D eigenvalue weighted by Crippen LogP contribution is -2.32. The molecule has 0 saturated carbocycles. The Bertz CT molecular complexity index is 804. The van der Waals surface area contributed by atoms with Crippen molar-refractivity contribution in [1.29, 1.82) is 0 Å². The number of nitro benzene ring substituents is 1. The van der Waals surface area contributed by atoms with Crippen molar-refractivity contribution in [2.75, 3.05) is 5.32 Å². The van der Waals surface area contributed by atoms with Gasteiger partial charge in [-0.05, 0) is 31.5 Å². The number of carbonyl (C=O) groups excluding carboxylic acids is 2. The molecule has 130 valence electrons. The van der Waals surface area contributed by atoms with Crippen LogP contribution in [-0.4, -0.2) is 22.8 Å². The lowest BCUT2D eigenvalue weighted by molar-refractivity contribution is -0.384. The molecule has 2 aromatic carbocycles. The normalized spacial score (nSPS) is 11.4. The van der Waals surface area contributed by atoms with Gasteiger partial charge >= 0.3 is 0 Å². The Labute approximate surface area is 145 Å². The van der Waals surface area contributed by atoms with E-state index in [9.17, 15) is 19.7 Å². The number of hydrogen-bond acceptors (Lipinski definition) is 4. The second kappa shape index (κ2) is 8.05. The van der Waals surface area contributed by atoms with Crippen LogP contribution in [0.2, 0.25) is 0 Å². The molecule has 7 heteroatoms. The highest BCUT2D eigenvalue weighted by Gasteiger charge is 2.16. The molecule has 7 nitrogen and oxygen atoms in total. The van der Waals surface area contributed by atoms with Crippen molar-refractivity contribution >= 4 is 23.2 Å². The monoisotopic (exact) mass is 341 g/mol. The summed E-state index contributed by atoms with van der Waals surface area (Å²) >= 11 is 0. The molecule has 0 aromatic heterocycles. The fraction of sp³-hybridized carbons (Fsp3) is 0.222. The largest absolute Gasteiger partial charge is 0.350 e. The number of nitrogens with one attached hydrogen (secondary N) is 2. The van der Waals surface area contributed by atoms with E-state index < -0.39 is 10.8 Å². The fourth-order valence-corrected chi connectivity index (χ4v) is 2.15. The molecule has 25 heavy (non-hydrogen) atoms. The predicted octanol–water partition coefficient (Wildman–Crippen LogP) is 3.38. The zero-order valence-electron chi connectivity index (χ0n) is 14.0. The van der Waals surface area contributed by atoms with Crippen LogP contribution in [0, 0.1) is 10.1 Å². The molecule has 2 N–H and O–H groups in total. The van der Waals surface area contributed by atoms with Gasteiger partial charge in [-0.15, -0.1) is 0 Å². The lowest BCUT2D eigenvalue weighted by atomic mass is 10.1. The molecule has 0 unspecified atom stereocenters. The number of para-hydroxylation sites is 1. The number of amides is 2. The highest BCUT2D eigenvalue weighted by Crippen LogP contribution is 2.18. The van der Waals surface area contributed by atoms with Crippen LogP contribution < -0.4 is 10.6 Å². The zero-order chi connectivity index (χ0) is 18.4. The maximum atomic E-state index is 12.4. The van der Waals surface area contributed by atoms with Gasteiger partial charge in [0.2, 0.25) is 0 Å².